The highest BCUT2D eigenvalue weighted by Crippen LogP contribution is 1.92. The van der Waals surface area contributed by atoms with E-state index in [1.54, 1.807) is 0 Å². The lowest BCUT2D eigenvalue weighted by atomic mass is 10.2. The first-order valence-electron chi connectivity index (χ1n) is 4.21. The van der Waals surface area contributed by atoms with Crippen LogP contribution in [0, 0.1) is 5.92 Å². The van der Waals surface area contributed by atoms with Crippen LogP contribution >= 0.6 is 0 Å². The second-order valence-corrected chi connectivity index (χ2v) is 2.95. The molecule has 0 aromatic heterocycles. The van der Waals surface area contributed by atoms with Gasteiger partial charge in [-0.1, -0.05) is 50.2 Å². The minimum atomic E-state index is 0.530. The van der Waals surface area contributed by atoms with E-state index in [1.807, 2.05) is 50.2 Å². The van der Waals surface area contributed by atoms with E-state index in [4.69, 9.17) is 0 Å². The van der Waals surface area contributed by atoms with Crippen molar-refractivity contribution in [3.63, 3.8) is 0 Å². The molecule has 0 radical (unpaired) electrons. The lowest BCUT2D eigenvalue weighted by Gasteiger charge is -1.89. The molecular formula is C11H16O. The Bertz CT molecular complexity index is 153. The van der Waals surface area contributed by atoms with Gasteiger partial charge in [0.1, 0.15) is 6.29 Å². The molecule has 1 rings (SSSR count). The van der Waals surface area contributed by atoms with E-state index >= 15 is 0 Å². The van der Waals surface area contributed by atoms with Crippen LogP contribution in [0.15, 0.2) is 36.4 Å². The summed E-state index contributed by atoms with van der Waals surface area (Å²) >= 11 is 0. The SMILES string of the molecule is CC(C)CC=O.c1ccccc1. The predicted molar refractivity (Wildman–Crippen MR) is 52.0 cm³/mol. The van der Waals surface area contributed by atoms with Gasteiger partial charge in [-0.3, -0.25) is 0 Å². The summed E-state index contributed by atoms with van der Waals surface area (Å²) in [6, 6.07) is 12.0. The fraction of sp³-hybridized carbons (Fsp3) is 0.364. The topological polar surface area (TPSA) is 17.1 Å². The molecule has 66 valence electrons. The van der Waals surface area contributed by atoms with Crippen LogP contribution in [0.25, 0.3) is 0 Å². The quantitative estimate of drug-likeness (QED) is 0.614. The van der Waals surface area contributed by atoms with Gasteiger partial charge >= 0.3 is 0 Å². The van der Waals surface area contributed by atoms with Crippen LogP contribution in [-0.4, -0.2) is 6.29 Å². The van der Waals surface area contributed by atoms with Crippen molar-refractivity contribution >= 4 is 6.29 Å². The second-order valence-electron chi connectivity index (χ2n) is 2.95. The van der Waals surface area contributed by atoms with Crippen molar-refractivity contribution < 1.29 is 4.79 Å². The molecule has 0 aliphatic heterocycles. The van der Waals surface area contributed by atoms with Gasteiger partial charge in [0, 0.05) is 6.42 Å². The Morgan fingerprint density at radius 2 is 1.33 bits per heavy atom. The average molecular weight is 164 g/mol. The van der Waals surface area contributed by atoms with Gasteiger partial charge in [0.05, 0.1) is 0 Å². The van der Waals surface area contributed by atoms with Gasteiger partial charge in [0.25, 0.3) is 0 Å². The molecule has 1 aromatic rings. The first-order valence-corrected chi connectivity index (χ1v) is 4.21. The molecule has 0 saturated heterocycles. The van der Waals surface area contributed by atoms with Gasteiger partial charge in [0.2, 0.25) is 0 Å². The van der Waals surface area contributed by atoms with E-state index in [0.29, 0.717) is 12.3 Å². The summed E-state index contributed by atoms with van der Waals surface area (Å²) in [5, 5.41) is 0. The molecule has 1 aromatic carbocycles. The summed E-state index contributed by atoms with van der Waals surface area (Å²) in [7, 11) is 0. The number of carbonyl (C=O) groups is 1. The van der Waals surface area contributed by atoms with Crippen molar-refractivity contribution in [1.82, 2.24) is 0 Å². The van der Waals surface area contributed by atoms with E-state index in [2.05, 4.69) is 0 Å². The molecule has 0 unspecified atom stereocenters. The minimum Gasteiger partial charge on any atom is -0.303 e. The number of hydrogen-bond acceptors (Lipinski definition) is 1. The first-order chi connectivity index (χ1) is 5.77. The third-order valence-electron chi connectivity index (χ3n) is 1.23. The number of benzene rings is 1. The normalized spacial score (nSPS) is 8.58. The zero-order chi connectivity index (χ0) is 9.23. The molecule has 0 atom stereocenters. The van der Waals surface area contributed by atoms with E-state index in [0.717, 1.165) is 6.29 Å². The average Bonchev–Trinajstić information content (AvgIpc) is 2.08. The van der Waals surface area contributed by atoms with E-state index in [9.17, 15) is 4.79 Å². The van der Waals surface area contributed by atoms with Crippen molar-refractivity contribution in [1.29, 1.82) is 0 Å². The molecule has 12 heavy (non-hydrogen) atoms. The zero-order valence-corrected chi connectivity index (χ0v) is 7.73. The van der Waals surface area contributed by atoms with Crippen molar-refractivity contribution in [3.8, 4) is 0 Å². The molecule has 0 fully saturated rings. The van der Waals surface area contributed by atoms with E-state index in [-0.39, 0.29) is 0 Å². The van der Waals surface area contributed by atoms with Crippen molar-refractivity contribution in [2.45, 2.75) is 20.3 Å². The maximum atomic E-state index is 9.62. The molecule has 0 aliphatic carbocycles. The van der Waals surface area contributed by atoms with Crippen molar-refractivity contribution in [2.24, 2.45) is 5.92 Å². The Balaban J connectivity index is 0.000000202. The van der Waals surface area contributed by atoms with Crippen molar-refractivity contribution in [3.05, 3.63) is 36.4 Å². The molecule has 0 aliphatic rings. The zero-order valence-electron chi connectivity index (χ0n) is 7.73. The van der Waals surface area contributed by atoms with Crippen LogP contribution in [0.4, 0.5) is 0 Å². The molecule has 0 spiro atoms. The molecule has 1 nitrogen and oxygen atoms in total. The molecule has 0 heterocycles. The van der Waals surface area contributed by atoms with Crippen LogP contribution in [0.2, 0.25) is 0 Å². The molecule has 0 bridgehead atoms. The summed E-state index contributed by atoms with van der Waals surface area (Å²) in [6.45, 7) is 4.04. The predicted octanol–water partition coefficient (Wildman–Crippen LogP) is 2.92. The van der Waals surface area contributed by atoms with Gasteiger partial charge in [-0.2, -0.15) is 0 Å². The van der Waals surface area contributed by atoms with Crippen molar-refractivity contribution in [2.75, 3.05) is 0 Å². The number of aldehydes is 1. The fourth-order valence-electron chi connectivity index (χ4n) is 0.577. The minimum absolute atomic E-state index is 0.530. The smallest absolute Gasteiger partial charge is 0.120 e. The largest absolute Gasteiger partial charge is 0.303 e. The monoisotopic (exact) mass is 164 g/mol. The van der Waals surface area contributed by atoms with Gasteiger partial charge in [-0.05, 0) is 5.92 Å². The lowest BCUT2D eigenvalue weighted by Crippen LogP contribution is -1.84. The molecule has 1 heteroatoms. The summed E-state index contributed by atoms with van der Waals surface area (Å²) in [5.74, 6) is 0.530. The molecule has 0 saturated carbocycles. The Kier molecular flexibility index (Phi) is 7.25. The maximum Gasteiger partial charge on any atom is 0.120 e. The summed E-state index contributed by atoms with van der Waals surface area (Å²) in [6.07, 6.45) is 1.64. The van der Waals surface area contributed by atoms with Crippen LogP contribution in [0.3, 0.4) is 0 Å². The lowest BCUT2D eigenvalue weighted by molar-refractivity contribution is -0.108. The maximum absolute atomic E-state index is 9.62. The summed E-state index contributed by atoms with van der Waals surface area (Å²) < 4.78 is 0. The Morgan fingerprint density at radius 1 is 1.00 bits per heavy atom. The van der Waals surface area contributed by atoms with Gasteiger partial charge in [0.15, 0.2) is 0 Å². The Hall–Kier alpha value is -1.11. The fourth-order valence-corrected chi connectivity index (χ4v) is 0.577. The number of carbonyl (C=O) groups excluding carboxylic acids is 1. The number of hydrogen-bond donors (Lipinski definition) is 0. The summed E-state index contributed by atoms with van der Waals surface area (Å²) in [5.41, 5.74) is 0. The molecule has 0 N–H and O–H groups in total. The third-order valence-corrected chi connectivity index (χ3v) is 1.23. The van der Waals surface area contributed by atoms with Crippen LogP contribution in [0.5, 0.6) is 0 Å². The number of rotatable bonds is 2. The highest BCUT2D eigenvalue weighted by molar-refractivity contribution is 5.49. The highest BCUT2D eigenvalue weighted by atomic mass is 16.1. The standard InChI is InChI=1S/C6H6.C5H10O/c1-2-4-6-5-3-1;1-5(2)3-4-6/h1-6H;4-5H,3H2,1-2H3. The first kappa shape index (κ1) is 10.9. The van der Waals surface area contributed by atoms with Crippen LogP contribution in [0.1, 0.15) is 20.3 Å². The van der Waals surface area contributed by atoms with Crippen LogP contribution in [-0.2, 0) is 4.79 Å². The van der Waals surface area contributed by atoms with Gasteiger partial charge in [-0.15, -0.1) is 0 Å². The Morgan fingerprint density at radius 3 is 1.42 bits per heavy atom. The second kappa shape index (κ2) is 7.99. The summed E-state index contributed by atoms with van der Waals surface area (Å²) in [4.78, 5) is 9.62. The molecular weight excluding hydrogens is 148 g/mol. The molecule has 0 amide bonds. The van der Waals surface area contributed by atoms with E-state index < -0.39 is 0 Å². The highest BCUT2D eigenvalue weighted by Gasteiger charge is 1.85. The Labute approximate surface area is 74.4 Å². The van der Waals surface area contributed by atoms with Crippen LogP contribution < -0.4 is 0 Å². The third kappa shape index (κ3) is 8.89. The van der Waals surface area contributed by atoms with Gasteiger partial charge < -0.3 is 4.79 Å². The van der Waals surface area contributed by atoms with E-state index in [1.165, 1.54) is 0 Å². The van der Waals surface area contributed by atoms with Gasteiger partial charge in [-0.25, -0.2) is 0 Å².